The zero-order valence-electron chi connectivity index (χ0n) is 14.6. The molecule has 6 nitrogen and oxygen atoms in total. The van der Waals surface area contributed by atoms with Crippen molar-refractivity contribution in [2.45, 2.75) is 12.8 Å². The highest BCUT2D eigenvalue weighted by atomic mass is 16.5. The Bertz CT molecular complexity index is 746. The third kappa shape index (κ3) is 3.84. The number of rotatable bonds is 5. The van der Waals surface area contributed by atoms with E-state index in [2.05, 4.69) is 11.1 Å². The standard InChI is InChI=1S/C19H23N3O3/c1-24-16-5-3-13(10-17(16)25-2)9-14-7-8-22(12-14)19(23)15-4-6-18(20)21-11-15/h3-6,10-11,14H,7-9,12H2,1-2H3,(H2,20,21). The molecule has 1 amide bonds. The Morgan fingerprint density at radius 3 is 2.72 bits per heavy atom. The molecule has 0 aliphatic carbocycles. The van der Waals surface area contributed by atoms with E-state index in [1.54, 1.807) is 32.5 Å². The van der Waals surface area contributed by atoms with Crippen molar-refractivity contribution >= 4 is 11.7 Å². The first-order chi connectivity index (χ1) is 12.1. The van der Waals surface area contributed by atoms with Crippen molar-refractivity contribution in [3.05, 3.63) is 47.7 Å². The topological polar surface area (TPSA) is 77.7 Å². The molecule has 1 unspecified atom stereocenters. The maximum atomic E-state index is 12.5. The molecule has 25 heavy (non-hydrogen) atoms. The van der Waals surface area contributed by atoms with Crippen molar-refractivity contribution in [1.82, 2.24) is 9.88 Å². The Hall–Kier alpha value is -2.76. The molecule has 1 aromatic heterocycles. The number of nitrogens with zero attached hydrogens (tertiary/aromatic N) is 2. The van der Waals surface area contributed by atoms with E-state index in [1.807, 2.05) is 17.0 Å². The van der Waals surface area contributed by atoms with Gasteiger partial charge in [0.25, 0.3) is 5.91 Å². The fourth-order valence-corrected chi connectivity index (χ4v) is 3.24. The number of amides is 1. The molecule has 3 rings (SSSR count). The van der Waals surface area contributed by atoms with Crippen LogP contribution in [-0.2, 0) is 6.42 Å². The number of carbonyl (C=O) groups is 1. The van der Waals surface area contributed by atoms with E-state index in [0.29, 0.717) is 17.3 Å². The summed E-state index contributed by atoms with van der Waals surface area (Å²) in [6.45, 7) is 1.51. The fourth-order valence-electron chi connectivity index (χ4n) is 3.24. The summed E-state index contributed by atoms with van der Waals surface area (Å²) < 4.78 is 10.6. The van der Waals surface area contributed by atoms with Gasteiger partial charge in [-0.15, -0.1) is 0 Å². The van der Waals surface area contributed by atoms with Gasteiger partial charge in [-0.3, -0.25) is 4.79 Å². The van der Waals surface area contributed by atoms with Gasteiger partial charge in [-0.2, -0.15) is 0 Å². The minimum Gasteiger partial charge on any atom is -0.493 e. The quantitative estimate of drug-likeness (QED) is 0.903. The lowest BCUT2D eigenvalue weighted by Crippen LogP contribution is -2.29. The number of pyridine rings is 1. The largest absolute Gasteiger partial charge is 0.493 e. The predicted molar refractivity (Wildman–Crippen MR) is 95.9 cm³/mol. The number of anilines is 1. The van der Waals surface area contributed by atoms with Crippen LogP contribution in [0.3, 0.4) is 0 Å². The van der Waals surface area contributed by atoms with Gasteiger partial charge in [-0.05, 0) is 48.6 Å². The van der Waals surface area contributed by atoms with Gasteiger partial charge in [0.05, 0.1) is 19.8 Å². The number of hydrogen-bond acceptors (Lipinski definition) is 5. The summed E-state index contributed by atoms with van der Waals surface area (Å²) in [7, 11) is 3.27. The van der Waals surface area contributed by atoms with Gasteiger partial charge in [0, 0.05) is 19.3 Å². The molecule has 0 spiro atoms. The minimum absolute atomic E-state index is 0.0160. The Morgan fingerprint density at radius 2 is 2.04 bits per heavy atom. The van der Waals surface area contributed by atoms with Crippen LogP contribution in [0.25, 0.3) is 0 Å². The van der Waals surface area contributed by atoms with Crippen LogP contribution in [0.15, 0.2) is 36.5 Å². The lowest BCUT2D eigenvalue weighted by Gasteiger charge is -2.17. The Labute approximate surface area is 147 Å². The van der Waals surface area contributed by atoms with Crippen molar-refractivity contribution < 1.29 is 14.3 Å². The molecule has 0 saturated carbocycles. The third-order valence-corrected chi connectivity index (χ3v) is 4.58. The van der Waals surface area contributed by atoms with E-state index in [0.717, 1.165) is 37.4 Å². The first-order valence-electron chi connectivity index (χ1n) is 8.32. The summed E-state index contributed by atoms with van der Waals surface area (Å²) in [4.78, 5) is 18.4. The number of methoxy groups -OCH3 is 2. The van der Waals surface area contributed by atoms with Crippen molar-refractivity contribution in [3.63, 3.8) is 0 Å². The zero-order valence-corrected chi connectivity index (χ0v) is 14.6. The first kappa shape index (κ1) is 17.1. The van der Waals surface area contributed by atoms with Crippen molar-refractivity contribution in [2.24, 2.45) is 5.92 Å². The van der Waals surface area contributed by atoms with Crippen LogP contribution in [0.5, 0.6) is 11.5 Å². The predicted octanol–water partition coefficient (Wildman–Crippen LogP) is 2.39. The highest BCUT2D eigenvalue weighted by molar-refractivity contribution is 5.94. The molecule has 0 bridgehead atoms. The summed E-state index contributed by atoms with van der Waals surface area (Å²) in [5.74, 6) is 2.33. The average molecular weight is 341 g/mol. The Morgan fingerprint density at radius 1 is 1.24 bits per heavy atom. The van der Waals surface area contributed by atoms with E-state index in [-0.39, 0.29) is 5.91 Å². The summed E-state index contributed by atoms with van der Waals surface area (Å²) in [6, 6.07) is 9.37. The molecule has 1 aliphatic heterocycles. The van der Waals surface area contributed by atoms with Crippen LogP contribution in [0.4, 0.5) is 5.82 Å². The van der Waals surface area contributed by atoms with Gasteiger partial charge in [0.1, 0.15) is 5.82 Å². The second-order valence-electron chi connectivity index (χ2n) is 6.27. The van der Waals surface area contributed by atoms with Crippen molar-refractivity contribution in [1.29, 1.82) is 0 Å². The van der Waals surface area contributed by atoms with Crippen LogP contribution in [0, 0.1) is 5.92 Å². The van der Waals surface area contributed by atoms with Gasteiger partial charge in [-0.1, -0.05) is 6.07 Å². The molecule has 1 aliphatic rings. The SMILES string of the molecule is COc1ccc(CC2CCN(C(=O)c3ccc(N)nc3)C2)cc1OC. The van der Waals surface area contributed by atoms with Crippen LogP contribution in [0.1, 0.15) is 22.3 Å². The molecule has 2 aromatic rings. The number of aromatic nitrogens is 1. The summed E-state index contributed by atoms with van der Waals surface area (Å²) in [6.07, 6.45) is 3.44. The maximum Gasteiger partial charge on any atom is 0.255 e. The zero-order chi connectivity index (χ0) is 17.8. The van der Waals surface area contributed by atoms with Crippen LogP contribution in [0.2, 0.25) is 0 Å². The molecule has 6 heteroatoms. The molecule has 1 atom stereocenters. The molecule has 2 heterocycles. The highest BCUT2D eigenvalue weighted by Crippen LogP contribution is 2.30. The second-order valence-corrected chi connectivity index (χ2v) is 6.27. The van der Waals surface area contributed by atoms with E-state index >= 15 is 0 Å². The van der Waals surface area contributed by atoms with E-state index in [9.17, 15) is 4.79 Å². The van der Waals surface area contributed by atoms with Crippen LogP contribution >= 0.6 is 0 Å². The van der Waals surface area contributed by atoms with Crippen LogP contribution < -0.4 is 15.2 Å². The third-order valence-electron chi connectivity index (χ3n) is 4.58. The molecular weight excluding hydrogens is 318 g/mol. The average Bonchev–Trinajstić information content (AvgIpc) is 3.10. The second kappa shape index (κ2) is 7.42. The van der Waals surface area contributed by atoms with E-state index < -0.39 is 0 Å². The number of nitrogens with two attached hydrogens (primary N) is 1. The lowest BCUT2D eigenvalue weighted by atomic mass is 9.98. The van der Waals surface area contributed by atoms with Gasteiger partial charge in [0.15, 0.2) is 11.5 Å². The minimum atomic E-state index is 0.0160. The maximum absolute atomic E-state index is 12.5. The number of benzene rings is 1. The van der Waals surface area contributed by atoms with Gasteiger partial charge in [-0.25, -0.2) is 4.98 Å². The lowest BCUT2D eigenvalue weighted by molar-refractivity contribution is 0.0786. The smallest absolute Gasteiger partial charge is 0.255 e. The van der Waals surface area contributed by atoms with Crippen molar-refractivity contribution in [2.75, 3.05) is 33.0 Å². The number of carbonyl (C=O) groups excluding carboxylic acids is 1. The fraction of sp³-hybridized carbons (Fsp3) is 0.368. The van der Waals surface area contributed by atoms with Gasteiger partial charge < -0.3 is 20.1 Å². The van der Waals surface area contributed by atoms with Crippen molar-refractivity contribution in [3.8, 4) is 11.5 Å². The molecule has 132 valence electrons. The number of hydrogen-bond donors (Lipinski definition) is 1. The molecule has 1 aromatic carbocycles. The first-order valence-corrected chi connectivity index (χ1v) is 8.32. The van der Waals surface area contributed by atoms with Crippen LogP contribution in [-0.4, -0.2) is 43.1 Å². The monoisotopic (exact) mass is 341 g/mol. The summed E-state index contributed by atoms with van der Waals surface area (Å²) >= 11 is 0. The summed E-state index contributed by atoms with van der Waals surface area (Å²) in [5, 5.41) is 0. The summed E-state index contributed by atoms with van der Waals surface area (Å²) in [5.41, 5.74) is 7.35. The van der Waals surface area contributed by atoms with Gasteiger partial charge >= 0.3 is 0 Å². The van der Waals surface area contributed by atoms with E-state index in [1.165, 1.54) is 5.56 Å². The van der Waals surface area contributed by atoms with E-state index in [4.69, 9.17) is 15.2 Å². The molecule has 1 saturated heterocycles. The molecule has 0 radical (unpaired) electrons. The Kier molecular flexibility index (Phi) is 5.07. The molecule has 2 N–H and O–H groups in total. The normalized spacial score (nSPS) is 16.7. The molecule has 1 fully saturated rings. The number of ether oxygens (including phenoxy) is 2. The number of nitrogen functional groups attached to an aromatic ring is 1. The molecular formula is C19H23N3O3. The highest BCUT2D eigenvalue weighted by Gasteiger charge is 2.27. The Balaban J connectivity index is 1.63. The van der Waals surface area contributed by atoms with Gasteiger partial charge in [0.2, 0.25) is 0 Å². The number of likely N-dealkylation sites (tertiary alicyclic amines) is 1.